The minimum absolute atomic E-state index is 0.939. The molecular formula is C14H13N3. The van der Waals surface area contributed by atoms with Crippen molar-refractivity contribution in [3.63, 3.8) is 0 Å². The monoisotopic (exact) mass is 223 g/mol. The number of anilines is 1. The van der Waals surface area contributed by atoms with Crippen molar-refractivity contribution in [3.8, 4) is 0 Å². The molecule has 0 spiro atoms. The molecule has 2 aromatic carbocycles. The maximum atomic E-state index is 4.24. The Labute approximate surface area is 99.7 Å². The first-order valence-corrected chi connectivity index (χ1v) is 5.58. The standard InChI is InChI=1S/C14H13N3/c1-17(2)10-7-8-14-12(9-10)11-5-3-4-6-13(11)15-16-14/h3-9H,1-2H3. The van der Waals surface area contributed by atoms with E-state index in [0.29, 0.717) is 0 Å². The van der Waals surface area contributed by atoms with Gasteiger partial charge >= 0.3 is 0 Å². The summed E-state index contributed by atoms with van der Waals surface area (Å²) >= 11 is 0. The number of hydrogen-bond donors (Lipinski definition) is 0. The molecular weight excluding hydrogens is 210 g/mol. The lowest BCUT2D eigenvalue weighted by atomic mass is 10.1. The van der Waals surface area contributed by atoms with Gasteiger partial charge in [0.2, 0.25) is 0 Å². The summed E-state index contributed by atoms with van der Waals surface area (Å²) in [6.45, 7) is 0. The Bertz CT molecular complexity index is 689. The van der Waals surface area contributed by atoms with Gasteiger partial charge in [-0.15, -0.1) is 10.2 Å². The molecule has 0 aliphatic carbocycles. The van der Waals surface area contributed by atoms with Crippen molar-refractivity contribution in [2.75, 3.05) is 19.0 Å². The zero-order chi connectivity index (χ0) is 11.8. The van der Waals surface area contributed by atoms with Crippen molar-refractivity contribution in [2.24, 2.45) is 0 Å². The molecule has 1 aromatic heterocycles. The first-order valence-electron chi connectivity index (χ1n) is 5.58. The third-order valence-corrected chi connectivity index (χ3v) is 2.96. The lowest BCUT2D eigenvalue weighted by Crippen LogP contribution is -2.08. The van der Waals surface area contributed by atoms with Crippen LogP contribution in [0.25, 0.3) is 21.8 Å². The Hall–Kier alpha value is -2.16. The van der Waals surface area contributed by atoms with Crippen LogP contribution in [0, 0.1) is 0 Å². The Morgan fingerprint density at radius 3 is 2.29 bits per heavy atom. The second-order valence-electron chi connectivity index (χ2n) is 4.31. The van der Waals surface area contributed by atoms with Crippen LogP contribution in [-0.2, 0) is 0 Å². The van der Waals surface area contributed by atoms with Crippen molar-refractivity contribution in [1.82, 2.24) is 10.2 Å². The van der Waals surface area contributed by atoms with Gasteiger partial charge in [0.25, 0.3) is 0 Å². The molecule has 0 atom stereocenters. The van der Waals surface area contributed by atoms with Crippen molar-refractivity contribution < 1.29 is 0 Å². The highest BCUT2D eigenvalue weighted by molar-refractivity contribution is 6.04. The second-order valence-corrected chi connectivity index (χ2v) is 4.31. The molecule has 0 amide bonds. The van der Waals surface area contributed by atoms with Gasteiger partial charge < -0.3 is 4.90 Å². The summed E-state index contributed by atoms with van der Waals surface area (Å²) in [5.74, 6) is 0. The van der Waals surface area contributed by atoms with E-state index in [2.05, 4.69) is 33.3 Å². The van der Waals surface area contributed by atoms with E-state index < -0.39 is 0 Å². The Morgan fingerprint density at radius 1 is 0.824 bits per heavy atom. The average Bonchev–Trinajstić information content (AvgIpc) is 2.38. The predicted octanol–water partition coefficient (Wildman–Crippen LogP) is 2.85. The highest BCUT2D eigenvalue weighted by Gasteiger charge is 2.04. The van der Waals surface area contributed by atoms with Crippen LogP contribution in [0.2, 0.25) is 0 Å². The fraction of sp³-hybridized carbons (Fsp3) is 0.143. The highest BCUT2D eigenvalue weighted by atomic mass is 15.1. The first-order chi connectivity index (χ1) is 8.25. The molecule has 0 saturated carbocycles. The summed E-state index contributed by atoms with van der Waals surface area (Å²) < 4.78 is 0. The quantitative estimate of drug-likeness (QED) is 0.594. The summed E-state index contributed by atoms with van der Waals surface area (Å²) in [6, 6.07) is 14.3. The Kier molecular flexibility index (Phi) is 2.18. The maximum absolute atomic E-state index is 4.24. The van der Waals surface area contributed by atoms with E-state index in [0.717, 1.165) is 21.8 Å². The van der Waals surface area contributed by atoms with Crippen LogP contribution < -0.4 is 4.90 Å². The zero-order valence-corrected chi connectivity index (χ0v) is 9.88. The topological polar surface area (TPSA) is 29.0 Å². The minimum Gasteiger partial charge on any atom is -0.378 e. The lowest BCUT2D eigenvalue weighted by Gasteiger charge is -2.13. The average molecular weight is 223 g/mol. The number of rotatable bonds is 1. The number of benzene rings is 2. The van der Waals surface area contributed by atoms with Crippen LogP contribution in [0.15, 0.2) is 42.5 Å². The van der Waals surface area contributed by atoms with E-state index in [1.165, 1.54) is 5.69 Å². The SMILES string of the molecule is CN(C)c1ccc2nnc3ccccc3c2c1. The van der Waals surface area contributed by atoms with Crippen molar-refractivity contribution in [2.45, 2.75) is 0 Å². The molecule has 0 aliphatic rings. The molecule has 0 radical (unpaired) electrons. The van der Waals surface area contributed by atoms with E-state index in [1.807, 2.05) is 38.4 Å². The van der Waals surface area contributed by atoms with Gasteiger partial charge in [0.1, 0.15) is 0 Å². The molecule has 17 heavy (non-hydrogen) atoms. The van der Waals surface area contributed by atoms with Gasteiger partial charge in [-0.1, -0.05) is 18.2 Å². The molecule has 0 unspecified atom stereocenters. The molecule has 0 saturated heterocycles. The molecule has 3 aromatic rings. The van der Waals surface area contributed by atoms with Crippen LogP contribution in [0.3, 0.4) is 0 Å². The number of fused-ring (bicyclic) bond motifs is 3. The fourth-order valence-electron chi connectivity index (χ4n) is 2.00. The van der Waals surface area contributed by atoms with Crippen LogP contribution in [-0.4, -0.2) is 24.3 Å². The van der Waals surface area contributed by atoms with E-state index in [4.69, 9.17) is 0 Å². The van der Waals surface area contributed by atoms with E-state index in [9.17, 15) is 0 Å². The molecule has 3 nitrogen and oxygen atoms in total. The van der Waals surface area contributed by atoms with E-state index in [-0.39, 0.29) is 0 Å². The smallest absolute Gasteiger partial charge is 0.0937 e. The highest BCUT2D eigenvalue weighted by Crippen LogP contribution is 2.25. The number of hydrogen-bond acceptors (Lipinski definition) is 3. The van der Waals surface area contributed by atoms with Gasteiger partial charge in [0.15, 0.2) is 0 Å². The van der Waals surface area contributed by atoms with Crippen LogP contribution in [0.4, 0.5) is 5.69 Å². The largest absolute Gasteiger partial charge is 0.378 e. The van der Waals surface area contributed by atoms with Gasteiger partial charge in [0, 0.05) is 30.6 Å². The van der Waals surface area contributed by atoms with Crippen LogP contribution in [0.5, 0.6) is 0 Å². The molecule has 1 heterocycles. The number of aromatic nitrogens is 2. The third-order valence-electron chi connectivity index (χ3n) is 2.96. The second kappa shape index (κ2) is 3.70. The fourth-order valence-corrected chi connectivity index (χ4v) is 2.00. The van der Waals surface area contributed by atoms with Gasteiger partial charge in [-0.05, 0) is 24.3 Å². The number of nitrogens with zero attached hydrogens (tertiary/aromatic N) is 3. The molecule has 0 fully saturated rings. The van der Waals surface area contributed by atoms with E-state index >= 15 is 0 Å². The van der Waals surface area contributed by atoms with Crippen molar-refractivity contribution >= 4 is 27.5 Å². The van der Waals surface area contributed by atoms with Gasteiger partial charge in [0.05, 0.1) is 11.0 Å². The zero-order valence-electron chi connectivity index (χ0n) is 9.88. The van der Waals surface area contributed by atoms with Crippen molar-refractivity contribution in [3.05, 3.63) is 42.5 Å². The normalized spacial score (nSPS) is 10.9. The first kappa shape index (κ1) is 10.0. The van der Waals surface area contributed by atoms with Gasteiger partial charge in [-0.3, -0.25) is 0 Å². The Morgan fingerprint density at radius 2 is 1.53 bits per heavy atom. The summed E-state index contributed by atoms with van der Waals surface area (Å²) in [4.78, 5) is 2.09. The van der Waals surface area contributed by atoms with Crippen LogP contribution >= 0.6 is 0 Å². The summed E-state index contributed by atoms with van der Waals surface area (Å²) in [6.07, 6.45) is 0. The molecule has 0 aliphatic heterocycles. The van der Waals surface area contributed by atoms with Crippen molar-refractivity contribution in [1.29, 1.82) is 0 Å². The predicted molar refractivity (Wildman–Crippen MR) is 71.4 cm³/mol. The summed E-state index contributed by atoms with van der Waals surface area (Å²) in [5.41, 5.74) is 3.06. The minimum atomic E-state index is 0.939. The van der Waals surface area contributed by atoms with Gasteiger partial charge in [-0.2, -0.15) is 0 Å². The molecule has 84 valence electrons. The molecule has 3 heteroatoms. The summed E-state index contributed by atoms with van der Waals surface area (Å²) in [5, 5.41) is 10.8. The maximum Gasteiger partial charge on any atom is 0.0937 e. The third kappa shape index (κ3) is 1.60. The lowest BCUT2D eigenvalue weighted by molar-refractivity contribution is 1.11. The van der Waals surface area contributed by atoms with E-state index in [1.54, 1.807) is 0 Å². The Balaban J connectivity index is 2.42. The van der Waals surface area contributed by atoms with Gasteiger partial charge in [-0.25, -0.2) is 0 Å². The molecule has 3 rings (SSSR count). The summed E-state index contributed by atoms with van der Waals surface area (Å²) in [7, 11) is 4.08. The molecule has 0 N–H and O–H groups in total. The molecule has 0 bridgehead atoms. The van der Waals surface area contributed by atoms with Crippen LogP contribution in [0.1, 0.15) is 0 Å².